The van der Waals surface area contributed by atoms with Crippen LogP contribution in [-0.2, 0) is 11.0 Å². The molecule has 2 heterocycles. The molecule has 0 spiro atoms. The maximum atomic E-state index is 13.0. The number of hydrogen-bond acceptors (Lipinski definition) is 5. The van der Waals surface area contributed by atoms with Gasteiger partial charge in [0.1, 0.15) is 5.69 Å². The van der Waals surface area contributed by atoms with Gasteiger partial charge < -0.3 is 15.1 Å². The Kier molecular flexibility index (Phi) is 6.44. The van der Waals surface area contributed by atoms with Crippen LogP contribution < -0.4 is 15.1 Å². The Morgan fingerprint density at radius 2 is 1.61 bits per heavy atom. The third-order valence-electron chi connectivity index (χ3n) is 6.31. The molecule has 2 aromatic rings. The summed E-state index contributed by atoms with van der Waals surface area (Å²) in [5.74, 6) is -0.385. The fourth-order valence-corrected chi connectivity index (χ4v) is 4.54. The van der Waals surface area contributed by atoms with E-state index in [-0.39, 0.29) is 17.5 Å². The number of carbonyl (C=O) groups excluding carboxylic acids is 1. The van der Waals surface area contributed by atoms with E-state index < -0.39 is 22.4 Å². The van der Waals surface area contributed by atoms with Crippen LogP contribution in [0, 0.1) is 16.0 Å². The molecule has 0 aromatic heterocycles. The van der Waals surface area contributed by atoms with E-state index in [1.165, 1.54) is 0 Å². The van der Waals surface area contributed by atoms with Gasteiger partial charge in [0.25, 0.3) is 5.69 Å². The van der Waals surface area contributed by atoms with Crippen molar-refractivity contribution in [1.82, 2.24) is 0 Å². The van der Waals surface area contributed by atoms with Crippen LogP contribution in [0.5, 0.6) is 0 Å². The average molecular weight is 462 g/mol. The number of benzene rings is 2. The molecule has 1 amide bonds. The van der Waals surface area contributed by atoms with Crippen molar-refractivity contribution in [3.63, 3.8) is 0 Å². The van der Waals surface area contributed by atoms with Crippen LogP contribution in [0.1, 0.15) is 31.2 Å². The summed E-state index contributed by atoms with van der Waals surface area (Å²) >= 11 is 0. The highest BCUT2D eigenvalue weighted by atomic mass is 19.4. The van der Waals surface area contributed by atoms with E-state index >= 15 is 0 Å². The second-order valence-corrected chi connectivity index (χ2v) is 8.42. The zero-order chi connectivity index (χ0) is 23.6. The van der Waals surface area contributed by atoms with Gasteiger partial charge in [-0.3, -0.25) is 14.9 Å². The molecule has 0 bridgehead atoms. The summed E-state index contributed by atoms with van der Waals surface area (Å²) in [4.78, 5) is 27.5. The fourth-order valence-electron chi connectivity index (χ4n) is 4.54. The Hall–Kier alpha value is -3.30. The molecule has 176 valence electrons. The molecule has 2 fully saturated rings. The summed E-state index contributed by atoms with van der Waals surface area (Å²) in [7, 11) is 0. The SMILES string of the molecule is O=C(Nc1ccccc1N1CCCC1)C1CCN(c2ccc(C(F)(F)F)cc2[N+](=O)[O-])CC1. The van der Waals surface area contributed by atoms with Gasteiger partial charge in [0.15, 0.2) is 0 Å². The maximum Gasteiger partial charge on any atom is 0.416 e. The fraction of sp³-hybridized carbons (Fsp3) is 0.435. The zero-order valence-electron chi connectivity index (χ0n) is 18.0. The molecule has 0 radical (unpaired) electrons. The van der Waals surface area contributed by atoms with Crippen molar-refractivity contribution in [2.75, 3.05) is 41.3 Å². The molecule has 0 aliphatic carbocycles. The standard InChI is InChI=1S/C23H25F3N4O3/c24-23(25,26)17-7-8-20(21(15-17)30(32)33)29-13-9-16(10-14-29)22(31)27-18-5-1-2-6-19(18)28-11-3-4-12-28/h1-2,5-8,15-16H,3-4,9-14H2,(H,27,31). The molecule has 2 aromatic carbocycles. The van der Waals surface area contributed by atoms with Crippen LogP contribution in [0.3, 0.4) is 0 Å². The molecular weight excluding hydrogens is 437 g/mol. The first-order valence-electron chi connectivity index (χ1n) is 11.0. The van der Waals surface area contributed by atoms with Crippen LogP contribution >= 0.6 is 0 Å². The van der Waals surface area contributed by atoms with Gasteiger partial charge in [-0.25, -0.2) is 0 Å². The number of rotatable bonds is 5. The van der Waals surface area contributed by atoms with Crippen molar-refractivity contribution in [2.45, 2.75) is 31.9 Å². The molecule has 7 nitrogen and oxygen atoms in total. The number of carbonyl (C=O) groups is 1. The first-order valence-corrected chi connectivity index (χ1v) is 11.0. The number of para-hydroxylation sites is 2. The van der Waals surface area contributed by atoms with Crippen molar-refractivity contribution in [2.24, 2.45) is 5.92 Å². The molecule has 1 N–H and O–H groups in total. The van der Waals surface area contributed by atoms with E-state index in [2.05, 4.69) is 10.2 Å². The van der Waals surface area contributed by atoms with Gasteiger partial charge in [-0.1, -0.05) is 12.1 Å². The normalized spacial score (nSPS) is 17.3. The molecule has 10 heteroatoms. The summed E-state index contributed by atoms with van der Waals surface area (Å²) in [6.45, 7) is 2.60. The number of alkyl halides is 3. The number of nitrogens with zero attached hydrogens (tertiary/aromatic N) is 3. The number of amides is 1. The predicted octanol–water partition coefficient (Wildman–Crippen LogP) is 5.07. The maximum absolute atomic E-state index is 13.0. The lowest BCUT2D eigenvalue weighted by Crippen LogP contribution is -2.38. The first kappa shape index (κ1) is 22.9. The van der Waals surface area contributed by atoms with E-state index in [4.69, 9.17) is 0 Å². The number of nitro groups is 1. The van der Waals surface area contributed by atoms with Crippen molar-refractivity contribution >= 4 is 28.7 Å². The topological polar surface area (TPSA) is 78.7 Å². The van der Waals surface area contributed by atoms with Crippen molar-refractivity contribution in [3.05, 3.63) is 58.1 Å². The highest BCUT2D eigenvalue weighted by molar-refractivity contribution is 5.96. The molecule has 0 saturated carbocycles. The van der Waals surface area contributed by atoms with Gasteiger partial charge in [-0.05, 0) is 49.9 Å². The molecule has 0 unspecified atom stereocenters. The van der Waals surface area contributed by atoms with E-state index in [0.717, 1.165) is 49.4 Å². The van der Waals surface area contributed by atoms with Gasteiger partial charge in [0, 0.05) is 38.2 Å². The van der Waals surface area contributed by atoms with Crippen LogP contribution in [-0.4, -0.2) is 37.0 Å². The minimum atomic E-state index is -4.65. The number of anilines is 3. The minimum absolute atomic E-state index is 0.108. The number of nitrogens with one attached hydrogen (secondary N) is 1. The highest BCUT2D eigenvalue weighted by Crippen LogP contribution is 2.38. The van der Waals surface area contributed by atoms with E-state index in [1.807, 2.05) is 24.3 Å². The van der Waals surface area contributed by atoms with Crippen LogP contribution in [0.25, 0.3) is 0 Å². The van der Waals surface area contributed by atoms with Crippen LogP contribution in [0.15, 0.2) is 42.5 Å². The molecular formula is C23H25F3N4O3. The van der Waals surface area contributed by atoms with Gasteiger partial charge >= 0.3 is 6.18 Å². The second-order valence-electron chi connectivity index (χ2n) is 8.42. The monoisotopic (exact) mass is 462 g/mol. The van der Waals surface area contributed by atoms with E-state index in [9.17, 15) is 28.1 Å². The first-order chi connectivity index (χ1) is 15.7. The second kappa shape index (κ2) is 9.29. The van der Waals surface area contributed by atoms with Gasteiger partial charge in [0.2, 0.25) is 5.91 Å². The predicted molar refractivity (Wildman–Crippen MR) is 120 cm³/mol. The largest absolute Gasteiger partial charge is 0.416 e. The molecule has 2 saturated heterocycles. The molecule has 2 aliphatic rings. The lowest BCUT2D eigenvalue weighted by Gasteiger charge is -2.33. The molecule has 33 heavy (non-hydrogen) atoms. The Morgan fingerprint density at radius 1 is 0.970 bits per heavy atom. The highest BCUT2D eigenvalue weighted by Gasteiger charge is 2.35. The average Bonchev–Trinajstić information content (AvgIpc) is 3.33. The number of piperidine rings is 1. The lowest BCUT2D eigenvalue weighted by molar-refractivity contribution is -0.384. The van der Waals surface area contributed by atoms with Crippen molar-refractivity contribution < 1.29 is 22.9 Å². The van der Waals surface area contributed by atoms with Gasteiger partial charge in [-0.15, -0.1) is 0 Å². The Morgan fingerprint density at radius 3 is 2.24 bits per heavy atom. The molecule has 2 aliphatic heterocycles. The zero-order valence-corrected chi connectivity index (χ0v) is 18.0. The Balaban J connectivity index is 1.42. The molecule has 4 rings (SSSR count). The summed E-state index contributed by atoms with van der Waals surface area (Å²) in [5, 5.41) is 14.4. The number of halogens is 3. The van der Waals surface area contributed by atoms with Gasteiger partial charge in [0.05, 0.1) is 21.9 Å². The van der Waals surface area contributed by atoms with Crippen LogP contribution in [0.2, 0.25) is 0 Å². The van der Waals surface area contributed by atoms with Crippen molar-refractivity contribution in [3.8, 4) is 0 Å². The summed E-state index contributed by atoms with van der Waals surface area (Å²) in [5.41, 5.74) is 0.286. The minimum Gasteiger partial charge on any atom is -0.370 e. The Bertz CT molecular complexity index is 1030. The summed E-state index contributed by atoms with van der Waals surface area (Å²) in [6.07, 6.45) is -1.50. The van der Waals surface area contributed by atoms with Gasteiger partial charge in [-0.2, -0.15) is 13.2 Å². The Labute approximate surface area is 189 Å². The number of hydrogen-bond donors (Lipinski definition) is 1. The van der Waals surface area contributed by atoms with Crippen LogP contribution in [0.4, 0.5) is 35.9 Å². The van der Waals surface area contributed by atoms with E-state index in [1.54, 1.807) is 4.90 Å². The molecule has 0 atom stereocenters. The lowest BCUT2D eigenvalue weighted by atomic mass is 9.95. The van der Waals surface area contributed by atoms with Crippen molar-refractivity contribution in [1.29, 1.82) is 0 Å². The smallest absolute Gasteiger partial charge is 0.370 e. The third-order valence-corrected chi connectivity index (χ3v) is 6.31. The van der Waals surface area contributed by atoms with E-state index in [0.29, 0.717) is 32.0 Å². The summed E-state index contributed by atoms with van der Waals surface area (Å²) in [6, 6.07) is 10.3. The third kappa shape index (κ3) is 5.04. The summed E-state index contributed by atoms with van der Waals surface area (Å²) < 4.78 is 38.9. The number of nitro benzene ring substituents is 1. The quantitative estimate of drug-likeness (QED) is 0.496.